The molecule has 1 N–H and O–H groups in total. The lowest BCUT2D eigenvalue weighted by atomic mass is 10.1. The van der Waals surface area contributed by atoms with E-state index < -0.39 is 0 Å². The van der Waals surface area contributed by atoms with Crippen LogP contribution in [0.1, 0.15) is 11.6 Å². The highest BCUT2D eigenvalue weighted by molar-refractivity contribution is 5.20. The summed E-state index contributed by atoms with van der Waals surface area (Å²) in [6, 6.07) is 6.21. The second-order valence-corrected chi connectivity index (χ2v) is 4.07. The zero-order valence-electron chi connectivity index (χ0n) is 10.3. The fraction of sp³-hybridized carbons (Fsp3) is 0.333. The molecule has 1 aromatic heterocycles. The number of likely N-dealkylation sites (N-methyl/N-ethyl adjacent to an activating group) is 1. The van der Waals surface area contributed by atoms with E-state index in [1.165, 1.54) is 21.6 Å². The second kappa shape index (κ2) is 5.14. The molecule has 1 aromatic carbocycles. The Morgan fingerprint density at radius 2 is 2.17 bits per heavy atom. The summed E-state index contributed by atoms with van der Waals surface area (Å²) in [6.45, 7) is 0.289. The molecule has 2 rings (SSSR count). The van der Waals surface area contributed by atoms with Crippen LogP contribution >= 0.6 is 0 Å². The molecule has 0 saturated heterocycles. The Labute approximate surface area is 104 Å². The maximum Gasteiger partial charge on any atom is 0.345 e. The van der Waals surface area contributed by atoms with Gasteiger partial charge in [0.2, 0.25) is 0 Å². The van der Waals surface area contributed by atoms with Crippen molar-refractivity contribution in [1.29, 1.82) is 0 Å². The van der Waals surface area contributed by atoms with Gasteiger partial charge in [-0.3, -0.25) is 4.57 Å². The molecule has 0 fully saturated rings. The van der Waals surface area contributed by atoms with Crippen LogP contribution < -0.4 is 11.0 Å². The maximum atomic E-state index is 13.7. The molecular weight excluding hydrogens is 235 g/mol. The first-order valence-corrected chi connectivity index (χ1v) is 5.63. The molecule has 0 bridgehead atoms. The van der Waals surface area contributed by atoms with Gasteiger partial charge < -0.3 is 5.32 Å². The lowest BCUT2D eigenvalue weighted by Crippen LogP contribution is -2.30. The fourth-order valence-electron chi connectivity index (χ4n) is 1.82. The summed E-state index contributed by atoms with van der Waals surface area (Å²) in [7, 11) is 3.36. The molecule has 96 valence electrons. The Bertz CT molecular complexity index is 590. The standard InChI is InChI=1S/C12H15FN4O/c1-14-11(9-5-3-4-6-10(9)13)7-17-12(18)16(2)8-15-17/h3-6,8,11,14H,7H2,1-2H3. The number of rotatable bonds is 4. The van der Waals surface area contributed by atoms with Gasteiger partial charge in [0.1, 0.15) is 12.1 Å². The zero-order valence-corrected chi connectivity index (χ0v) is 10.3. The van der Waals surface area contributed by atoms with Crippen molar-refractivity contribution in [1.82, 2.24) is 19.7 Å². The van der Waals surface area contributed by atoms with E-state index in [1.807, 2.05) is 0 Å². The normalized spacial score (nSPS) is 12.6. The summed E-state index contributed by atoms with van der Waals surface area (Å²) in [4.78, 5) is 11.7. The van der Waals surface area contributed by atoms with Gasteiger partial charge >= 0.3 is 5.69 Å². The fourth-order valence-corrected chi connectivity index (χ4v) is 1.82. The first kappa shape index (κ1) is 12.5. The van der Waals surface area contributed by atoms with E-state index in [0.29, 0.717) is 5.56 Å². The minimum atomic E-state index is -0.293. The highest BCUT2D eigenvalue weighted by atomic mass is 19.1. The number of hydrogen-bond acceptors (Lipinski definition) is 3. The predicted molar refractivity (Wildman–Crippen MR) is 65.7 cm³/mol. The van der Waals surface area contributed by atoms with Crippen LogP contribution in [0.2, 0.25) is 0 Å². The van der Waals surface area contributed by atoms with Crippen molar-refractivity contribution in [3.8, 4) is 0 Å². The zero-order chi connectivity index (χ0) is 13.1. The number of aryl methyl sites for hydroxylation is 1. The van der Waals surface area contributed by atoms with Crippen molar-refractivity contribution in [3.05, 3.63) is 52.5 Å². The lowest BCUT2D eigenvalue weighted by Gasteiger charge is -2.16. The summed E-state index contributed by atoms with van der Waals surface area (Å²) in [5.41, 5.74) is 0.309. The Balaban J connectivity index is 2.28. The highest BCUT2D eigenvalue weighted by Crippen LogP contribution is 2.17. The van der Waals surface area contributed by atoms with E-state index in [9.17, 15) is 9.18 Å². The van der Waals surface area contributed by atoms with Crippen LogP contribution in [0.5, 0.6) is 0 Å². The molecule has 1 heterocycles. The van der Waals surface area contributed by atoms with Crippen LogP contribution in [-0.4, -0.2) is 21.4 Å². The molecule has 0 radical (unpaired) electrons. The van der Waals surface area contributed by atoms with Gasteiger partial charge in [-0.25, -0.2) is 13.9 Å². The first-order chi connectivity index (χ1) is 8.63. The molecule has 18 heavy (non-hydrogen) atoms. The molecule has 0 amide bonds. The number of halogens is 1. The summed E-state index contributed by atoms with van der Waals surface area (Å²) in [5.74, 6) is -0.291. The Kier molecular flexibility index (Phi) is 3.57. The molecule has 0 saturated carbocycles. The molecule has 0 aliphatic carbocycles. The van der Waals surface area contributed by atoms with E-state index in [-0.39, 0.29) is 24.1 Å². The van der Waals surface area contributed by atoms with Gasteiger partial charge in [0.15, 0.2) is 0 Å². The lowest BCUT2D eigenvalue weighted by molar-refractivity contribution is 0.439. The molecule has 6 heteroatoms. The van der Waals surface area contributed by atoms with Gasteiger partial charge in [0.25, 0.3) is 0 Å². The highest BCUT2D eigenvalue weighted by Gasteiger charge is 2.15. The molecule has 1 atom stereocenters. The van der Waals surface area contributed by atoms with Gasteiger partial charge in [-0.1, -0.05) is 18.2 Å². The van der Waals surface area contributed by atoms with Gasteiger partial charge in [-0.15, -0.1) is 0 Å². The Morgan fingerprint density at radius 3 is 2.72 bits per heavy atom. The first-order valence-electron chi connectivity index (χ1n) is 5.63. The largest absolute Gasteiger partial charge is 0.345 e. The van der Waals surface area contributed by atoms with E-state index >= 15 is 0 Å². The SMILES string of the molecule is CNC(Cn1ncn(C)c1=O)c1ccccc1F. The van der Waals surface area contributed by atoms with Crippen LogP contribution in [0, 0.1) is 5.82 Å². The van der Waals surface area contributed by atoms with E-state index in [0.717, 1.165) is 0 Å². The van der Waals surface area contributed by atoms with Crippen LogP contribution in [-0.2, 0) is 13.6 Å². The third-order valence-corrected chi connectivity index (χ3v) is 2.87. The third kappa shape index (κ3) is 2.33. The molecule has 2 aromatic rings. The Morgan fingerprint density at radius 1 is 1.44 bits per heavy atom. The summed E-state index contributed by atoms with van der Waals surface area (Å²) >= 11 is 0. The number of benzene rings is 1. The van der Waals surface area contributed by atoms with Gasteiger partial charge in [0, 0.05) is 12.6 Å². The van der Waals surface area contributed by atoms with Gasteiger partial charge in [0.05, 0.1) is 12.6 Å². The summed E-state index contributed by atoms with van der Waals surface area (Å²) < 4.78 is 16.4. The van der Waals surface area contributed by atoms with Crippen molar-refractivity contribution >= 4 is 0 Å². The molecule has 5 nitrogen and oxygen atoms in total. The summed E-state index contributed by atoms with van der Waals surface area (Å²) in [5, 5.41) is 6.96. The topological polar surface area (TPSA) is 51.9 Å². The van der Waals surface area contributed by atoms with Gasteiger partial charge in [-0.2, -0.15) is 5.10 Å². The number of nitrogens with zero attached hydrogens (tertiary/aromatic N) is 3. The number of aromatic nitrogens is 3. The maximum absolute atomic E-state index is 13.7. The Hall–Kier alpha value is -1.95. The van der Waals surface area contributed by atoms with Crippen LogP contribution in [0.4, 0.5) is 4.39 Å². The summed E-state index contributed by atoms with van der Waals surface area (Å²) in [6.07, 6.45) is 1.44. The molecule has 0 aliphatic heterocycles. The number of nitrogens with one attached hydrogen (secondary N) is 1. The van der Waals surface area contributed by atoms with Crippen LogP contribution in [0.25, 0.3) is 0 Å². The van der Waals surface area contributed by atoms with Crippen molar-refractivity contribution in [2.24, 2.45) is 7.05 Å². The number of hydrogen-bond donors (Lipinski definition) is 1. The van der Waals surface area contributed by atoms with E-state index in [1.54, 1.807) is 32.3 Å². The molecular formula is C12H15FN4O. The third-order valence-electron chi connectivity index (χ3n) is 2.87. The minimum absolute atomic E-state index is 0.216. The van der Waals surface area contributed by atoms with Gasteiger partial charge in [-0.05, 0) is 13.1 Å². The monoisotopic (exact) mass is 250 g/mol. The average Bonchev–Trinajstić information content (AvgIpc) is 2.68. The van der Waals surface area contributed by atoms with E-state index in [4.69, 9.17) is 0 Å². The van der Waals surface area contributed by atoms with Crippen molar-refractivity contribution < 1.29 is 4.39 Å². The van der Waals surface area contributed by atoms with Crippen molar-refractivity contribution in [2.45, 2.75) is 12.6 Å². The average molecular weight is 250 g/mol. The van der Waals surface area contributed by atoms with Crippen molar-refractivity contribution in [2.75, 3.05) is 7.05 Å². The van der Waals surface area contributed by atoms with Crippen LogP contribution in [0.3, 0.4) is 0 Å². The van der Waals surface area contributed by atoms with E-state index in [2.05, 4.69) is 10.4 Å². The second-order valence-electron chi connectivity index (χ2n) is 4.07. The quantitative estimate of drug-likeness (QED) is 0.868. The van der Waals surface area contributed by atoms with Crippen molar-refractivity contribution in [3.63, 3.8) is 0 Å². The smallest absolute Gasteiger partial charge is 0.311 e. The predicted octanol–water partition coefficient (Wildman–Crippen LogP) is 0.682. The molecule has 1 unspecified atom stereocenters. The van der Waals surface area contributed by atoms with Crippen LogP contribution in [0.15, 0.2) is 35.4 Å². The molecule has 0 spiro atoms. The minimum Gasteiger partial charge on any atom is -0.311 e. The molecule has 0 aliphatic rings.